The molecule has 0 unspecified atom stereocenters. The summed E-state index contributed by atoms with van der Waals surface area (Å²) in [6, 6.07) is 11.4. The van der Waals surface area contributed by atoms with Crippen molar-refractivity contribution in [1.82, 2.24) is 0 Å². The number of amides is 1. The number of carbonyl (C=O) groups is 1. The van der Waals surface area contributed by atoms with Crippen LogP contribution in [0.1, 0.15) is 10.4 Å². The molecular weight excluding hydrogens is 262 g/mol. The van der Waals surface area contributed by atoms with E-state index in [1.54, 1.807) is 11.8 Å². The topological polar surface area (TPSA) is 69.6 Å². The summed E-state index contributed by atoms with van der Waals surface area (Å²) in [6.07, 6.45) is 1.98. The van der Waals surface area contributed by atoms with Gasteiger partial charge in [0.2, 0.25) is 0 Å². The highest BCUT2D eigenvalue weighted by Crippen LogP contribution is 2.25. The average molecular weight is 275 g/mol. The van der Waals surface area contributed by atoms with Crippen LogP contribution in [0.3, 0.4) is 0 Å². The molecule has 0 atom stereocenters. The van der Waals surface area contributed by atoms with Crippen molar-refractivity contribution in [3.05, 3.63) is 48.0 Å². The largest absolute Gasteiger partial charge is 0.504 e. The number of carbonyl (C=O) groups excluding carboxylic acids is 1. The quantitative estimate of drug-likeness (QED) is 0.595. The van der Waals surface area contributed by atoms with Gasteiger partial charge in [-0.3, -0.25) is 4.79 Å². The molecule has 0 bridgehead atoms. The van der Waals surface area contributed by atoms with E-state index in [1.807, 2.05) is 30.5 Å². The molecule has 0 fully saturated rings. The highest BCUT2D eigenvalue weighted by molar-refractivity contribution is 7.98. The molecule has 0 saturated heterocycles. The van der Waals surface area contributed by atoms with Crippen molar-refractivity contribution in [2.45, 2.75) is 4.90 Å². The van der Waals surface area contributed by atoms with Crippen molar-refractivity contribution in [2.24, 2.45) is 0 Å². The Hall–Kier alpha value is -2.14. The maximum Gasteiger partial charge on any atom is 0.255 e. The monoisotopic (exact) mass is 275 g/mol. The van der Waals surface area contributed by atoms with Gasteiger partial charge in [0.25, 0.3) is 5.91 Å². The minimum Gasteiger partial charge on any atom is -0.504 e. The minimum atomic E-state index is -0.341. The Bertz CT molecular complexity index is 596. The summed E-state index contributed by atoms with van der Waals surface area (Å²) in [5.74, 6) is -0.904. The normalized spacial score (nSPS) is 10.2. The molecule has 1 amide bonds. The molecule has 0 spiro atoms. The lowest BCUT2D eigenvalue weighted by Gasteiger charge is -2.06. The summed E-state index contributed by atoms with van der Waals surface area (Å²) >= 11 is 1.62. The van der Waals surface area contributed by atoms with Crippen LogP contribution < -0.4 is 5.32 Å². The first-order chi connectivity index (χ1) is 9.10. The number of rotatable bonds is 3. The molecule has 4 nitrogen and oxygen atoms in total. The van der Waals surface area contributed by atoms with E-state index < -0.39 is 0 Å². The highest BCUT2D eigenvalue weighted by atomic mass is 32.2. The van der Waals surface area contributed by atoms with E-state index in [1.165, 1.54) is 18.2 Å². The fourth-order valence-electron chi connectivity index (χ4n) is 1.54. The van der Waals surface area contributed by atoms with Crippen molar-refractivity contribution in [3.63, 3.8) is 0 Å². The Labute approximate surface area is 115 Å². The van der Waals surface area contributed by atoms with Crippen LogP contribution in [0.5, 0.6) is 11.5 Å². The van der Waals surface area contributed by atoms with Gasteiger partial charge in [0, 0.05) is 16.1 Å². The highest BCUT2D eigenvalue weighted by Gasteiger charge is 2.09. The SMILES string of the molecule is CSc1ccc(NC(=O)c2ccc(O)c(O)c2)cc1. The number of hydrogen-bond donors (Lipinski definition) is 3. The van der Waals surface area contributed by atoms with Crippen LogP contribution in [0.15, 0.2) is 47.4 Å². The second-order valence-corrected chi connectivity index (χ2v) is 4.77. The molecule has 3 N–H and O–H groups in total. The fraction of sp³-hybridized carbons (Fsp3) is 0.0714. The van der Waals surface area contributed by atoms with E-state index >= 15 is 0 Å². The summed E-state index contributed by atoms with van der Waals surface area (Å²) in [7, 11) is 0. The van der Waals surface area contributed by atoms with Crippen LogP contribution in [-0.2, 0) is 0 Å². The van der Waals surface area contributed by atoms with Gasteiger partial charge in [-0.25, -0.2) is 0 Å². The average Bonchev–Trinajstić information content (AvgIpc) is 2.42. The number of nitrogens with one attached hydrogen (secondary N) is 1. The van der Waals surface area contributed by atoms with Gasteiger partial charge in [0.05, 0.1) is 0 Å². The van der Waals surface area contributed by atoms with Crippen molar-refractivity contribution in [2.75, 3.05) is 11.6 Å². The molecule has 2 rings (SSSR count). The van der Waals surface area contributed by atoms with Gasteiger partial charge in [0.15, 0.2) is 11.5 Å². The van der Waals surface area contributed by atoms with Crippen molar-refractivity contribution >= 4 is 23.4 Å². The zero-order valence-electron chi connectivity index (χ0n) is 10.3. The maximum absolute atomic E-state index is 11.9. The second kappa shape index (κ2) is 5.67. The molecule has 2 aromatic carbocycles. The molecule has 98 valence electrons. The molecule has 0 aliphatic rings. The second-order valence-electron chi connectivity index (χ2n) is 3.89. The predicted molar refractivity (Wildman–Crippen MR) is 75.9 cm³/mol. The van der Waals surface area contributed by atoms with Crippen LogP contribution in [0.2, 0.25) is 0 Å². The smallest absolute Gasteiger partial charge is 0.255 e. The summed E-state index contributed by atoms with van der Waals surface area (Å²) in [5, 5.41) is 21.3. The number of phenolic OH excluding ortho intramolecular Hbond substituents is 2. The van der Waals surface area contributed by atoms with Gasteiger partial charge in [-0.2, -0.15) is 0 Å². The van der Waals surface area contributed by atoms with Gasteiger partial charge in [-0.1, -0.05) is 0 Å². The van der Waals surface area contributed by atoms with Gasteiger partial charge in [0.1, 0.15) is 0 Å². The van der Waals surface area contributed by atoms with Crippen LogP contribution in [0.4, 0.5) is 5.69 Å². The zero-order valence-corrected chi connectivity index (χ0v) is 11.1. The molecule has 0 aliphatic heterocycles. The number of aromatic hydroxyl groups is 2. The number of anilines is 1. The van der Waals surface area contributed by atoms with Gasteiger partial charge >= 0.3 is 0 Å². The summed E-state index contributed by atoms with van der Waals surface area (Å²) < 4.78 is 0. The summed E-state index contributed by atoms with van der Waals surface area (Å²) in [4.78, 5) is 13.0. The lowest BCUT2D eigenvalue weighted by Crippen LogP contribution is -2.11. The summed E-state index contributed by atoms with van der Waals surface area (Å²) in [5.41, 5.74) is 0.958. The third kappa shape index (κ3) is 3.20. The van der Waals surface area contributed by atoms with Crippen molar-refractivity contribution in [1.29, 1.82) is 0 Å². The Morgan fingerprint density at radius 2 is 1.74 bits per heavy atom. The van der Waals surface area contributed by atoms with Crippen LogP contribution in [-0.4, -0.2) is 22.4 Å². The molecule has 0 radical (unpaired) electrons. The molecule has 5 heteroatoms. The third-order valence-corrected chi connectivity index (χ3v) is 3.33. The first kappa shape index (κ1) is 13.3. The van der Waals surface area contributed by atoms with E-state index in [-0.39, 0.29) is 23.0 Å². The van der Waals surface area contributed by atoms with Crippen molar-refractivity contribution in [3.8, 4) is 11.5 Å². The molecule has 0 saturated carbocycles. The lowest BCUT2D eigenvalue weighted by molar-refractivity contribution is 0.102. The zero-order chi connectivity index (χ0) is 13.8. The molecule has 0 aliphatic carbocycles. The van der Waals surface area contributed by atoms with Crippen LogP contribution in [0, 0.1) is 0 Å². The first-order valence-corrected chi connectivity index (χ1v) is 6.80. The number of hydrogen-bond acceptors (Lipinski definition) is 4. The van der Waals surface area contributed by atoms with E-state index in [0.29, 0.717) is 5.69 Å². The van der Waals surface area contributed by atoms with E-state index in [2.05, 4.69) is 5.32 Å². The number of phenols is 2. The molecule has 0 heterocycles. The van der Waals surface area contributed by atoms with Gasteiger partial charge in [-0.15, -0.1) is 11.8 Å². The Kier molecular flexibility index (Phi) is 3.97. The van der Waals surface area contributed by atoms with Gasteiger partial charge < -0.3 is 15.5 Å². The van der Waals surface area contributed by atoms with Crippen molar-refractivity contribution < 1.29 is 15.0 Å². The minimum absolute atomic E-state index is 0.249. The molecule has 2 aromatic rings. The number of benzene rings is 2. The van der Waals surface area contributed by atoms with Crippen LogP contribution in [0.25, 0.3) is 0 Å². The Morgan fingerprint density at radius 3 is 2.32 bits per heavy atom. The Balaban J connectivity index is 2.13. The Morgan fingerprint density at radius 1 is 1.05 bits per heavy atom. The molecular formula is C14H13NO3S. The van der Waals surface area contributed by atoms with Gasteiger partial charge in [-0.05, 0) is 48.7 Å². The molecule has 0 aromatic heterocycles. The maximum atomic E-state index is 11.9. The van der Waals surface area contributed by atoms with E-state index in [9.17, 15) is 15.0 Å². The van der Waals surface area contributed by atoms with Crippen LogP contribution >= 0.6 is 11.8 Å². The third-order valence-electron chi connectivity index (χ3n) is 2.59. The fourth-order valence-corrected chi connectivity index (χ4v) is 1.95. The predicted octanol–water partition coefficient (Wildman–Crippen LogP) is 3.07. The van der Waals surface area contributed by atoms with E-state index in [4.69, 9.17) is 0 Å². The summed E-state index contributed by atoms with van der Waals surface area (Å²) in [6.45, 7) is 0. The lowest BCUT2D eigenvalue weighted by atomic mass is 10.2. The first-order valence-electron chi connectivity index (χ1n) is 5.57. The standard InChI is InChI=1S/C14H13NO3S/c1-19-11-5-3-10(4-6-11)15-14(18)9-2-7-12(16)13(17)8-9/h2-8,16-17H,1H3,(H,15,18). The van der Waals surface area contributed by atoms with E-state index in [0.717, 1.165) is 4.90 Å². The number of thioether (sulfide) groups is 1. The molecule has 19 heavy (non-hydrogen) atoms.